The molecule has 3 atom stereocenters. The van der Waals surface area contributed by atoms with Crippen LogP contribution in [-0.2, 0) is 16.1 Å². The molecule has 0 aromatic heterocycles. The predicted octanol–water partition coefficient (Wildman–Crippen LogP) is 2.98. The molecule has 36 heavy (non-hydrogen) atoms. The first kappa shape index (κ1) is 22.7. The van der Waals surface area contributed by atoms with Gasteiger partial charge >= 0.3 is 5.97 Å². The van der Waals surface area contributed by atoms with E-state index in [-0.39, 0.29) is 26.4 Å². The maximum atomic E-state index is 13.1. The Morgan fingerprint density at radius 1 is 0.972 bits per heavy atom. The van der Waals surface area contributed by atoms with Crippen LogP contribution in [0.15, 0.2) is 30.3 Å². The summed E-state index contributed by atoms with van der Waals surface area (Å²) in [6.45, 7) is -0.112. The van der Waals surface area contributed by atoms with Crippen molar-refractivity contribution in [3.8, 4) is 39.9 Å². The number of hydrogen-bond donors (Lipinski definition) is 2. The Balaban J connectivity index is 1.60. The van der Waals surface area contributed by atoms with E-state index in [9.17, 15) is 15.0 Å². The van der Waals surface area contributed by atoms with Gasteiger partial charge in [-0.25, -0.2) is 4.79 Å². The summed E-state index contributed by atoms with van der Waals surface area (Å²) >= 11 is 0. The van der Waals surface area contributed by atoms with Crippen LogP contribution in [0.25, 0.3) is 21.9 Å². The van der Waals surface area contributed by atoms with Crippen LogP contribution in [-0.4, -0.2) is 56.4 Å². The first-order chi connectivity index (χ1) is 17.5. The highest BCUT2D eigenvalue weighted by atomic mass is 16.7. The number of benzene rings is 3. The molecule has 0 aliphatic carbocycles. The second-order valence-electron chi connectivity index (χ2n) is 8.71. The standard InChI is InChI=1S/C26H24O10/c1-30-18-7-14-15(8-19(18)31-2)24(35-21-6-13(9-27)25(28)36-21)16-10-32-26(29)23(16)22(14)12-3-4-17-20(5-12)34-11-33-17/h3-5,7-8,13,21,25,27-28H,6,9-11H2,1-2H3/t13?,21-,25-/m0/s1. The quantitative estimate of drug-likeness (QED) is 0.493. The Labute approximate surface area is 205 Å². The Kier molecular flexibility index (Phi) is 5.51. The van der Waals surface area contributed by atoms with Gasteiger partial charge in [0, 0.05) is 28.9 Å². The zero-order valence-corrected chi connectivity index (χ0v) is 19.6. The van der Waals surface area contributed by atoms with Gasteiger partial charge in [0.2, 0.25) is 13.1 Å². The minimum absolute atomic E-state index is 0.00401. The Morgan fingerprint density at radius 2 is 1.72 bits per heavy atom. The molecule has 3 aliphatic rings. The third-order valence-electron chi connectivity index (χ3n) is 6.75. The molecule has 3 aliphatic heterocycles. The molecule has 10 nitrogen and oxygen atoms in total. The van der Waals surface area contributed by atoms with E-state index in [0.717, 1.165) is 5.56 Å². The lowest BCUT2D eigenvalue weighted by molar-refractivity contribution is -0.160. The minimum Gasteiger partial charge on any atom is -0.493 e. The van der Waals surface area contributed by atoms with E-state index >= 15 is 0 Å². The molecule has 0 radical (unpaired) electrons. The van der Waals surface area contributed by atoms with Gasteiger partial charge in [0.1, 0.15) is 12.4 Å². The number of esters is 1. The number of cyclic esters (lactones) is 1. The summed E-state index contributed by atoms with van der Waals surface area (Å²) in [6, 6.07) is 9.03. The van der Waals surface area contributed by atoms with Crippen LogP contribution in [0, 0.1) is 5.92 Å². The number of aliphatic hydroxyl groups excluding tert-OH is 2. The van der Waals surface area contributed by atoms with Crippen LogP contribution in [0.4, 0.5) is 0 Å². The fraction of sp³-hybridized carbons (Fsp3) is 0.346. The molecule has 3 aromatic carbocycles. The molecular weight excluding hydrogens is 472 g/mol. The van der Waals surface area contributed by atoms with E-state index in [4.69, 9.17) is 33.2 Å². The van der Waals surface area contributed by atoms with Crippen molar-refractivity contribution in [2.24, 2.45) is 5.92 Å². The van der Waals surface area contributed by atoms with Gasteiger partial charge in [0.25, 0.3) is 0 Å². The van der Waals surface area contributed by atoms with Gasteiger partial charge in [-0.3, -0.25) is 0 Å². The Hall–Kier alpha value is -3.73. The summed E-state index contributed by atoms with van der Waals surface area (Å²) in [4.78, 5) is 13.1. The predicted molar refractivity (Wildman–Crippen MR) is 124 cm³/mol. The Bertz CT molecular complexity index is 1370. The van der Waals surface area contributed by atoms with Crippen molar-refractivity contribution in [2.45, 2.75) is 25.6 Å². The van der Waals surface area contributed by atoms with Gasteiger partial charge in [-0.1, -0.05) is 6.07 Å². The van der Waals surface area contributed by atoms with Crippen molar-refractivity contribution >= 4 is 16.7 Å². The molecule has 2 N–H and O–H groups in total. The number of rotatable bonds is 6. The zero-order valence-electron chi connectivity index (χ0n) is 19.6. The number of carbonyl (C=O) groups is 1. The van der Waals surface area contributed by atoms with E-state index < -0.39 is 24.5 Å². The largest absolute Gasteiger partial charge is 0.493 e. The molecule has 10 heteroatoms. The molecule has 1 fully saturated rings. The average Bonchev–Trinajstić information content (AvgIpc) is 3.61. The molecule has 6 rings (SSSR count). The smallest absolute Gasteiger partial charge is 0.339 e. The van der Waals surface area contributed by atoms with Crippen molar-refractivity contribution in [3.05, 3.63) is 41.5 Å². The topological polar surface area (TPSA) is 122 Å². The lowest BCUT2D eigenvalue weighted by Crippen LogP contribution is -2.19. The second-order valence-corrected chi connectivity index (χ2v) is 8.71. The van der Waals surface area contributed by atoms with Gasteiger partial charge in [-0.2, -0.15) is 0 Å². The maximum Gasteiger partial charge on any atom is 0.339 e. The van der Waals surface area contributed by atoms with Crippen molar-refractivity contribution in [1.82, 2.24) is 0 Å². The molecule has 0 saturated carbocycles. The average molecular weight is 496 g/mol. The van der Waals surface area contributed by atoms with Crippen molar-refractivity contribution in [1.29, 1.82) is 0 Å². The zero-order chi connectivity index (χ0) is 25.0. The molecule has 0 spiro atoms. The maximum absolute atomic E-state index is 13.1. The number of ether oxygens (including phenoxy) is 7. The molecule has 1 unspecified atom stereocenters. The second kappa shape index (κ2) is 8.74. The molecule has 3 heterocycles. The van der Waals surface area contributed by atoms with Crippen molar-refractivity contribution < 1.29 is 48.2 Å². The van der Waals surface area contributed by atoms with Crippen LogP contribution in [0.5, 0.6) is 28.7 Å². The van der Waals surface area contributed by atoms with Crippen LogP contribution in [0.3, 0.4) is 0 Å². The first-order valence-electron chi connectivity index (χ1n) is 11.4. The van der Waals surface area contributed by atoms with Crippen LogP contribution < -0.4 is 23.7 Å². The number of aliphatic hydroxyl groups is 2. The summed E-state index contributed by atoms with van der Waals surface area (Å²) < 4.78 is 39.4. The van der Waals surface area contributed by atoms with Crippen LogP contribution in [0.1, 0.15) is 22.3 Å². The molecule has 3 aromatic rings. The monoisotopic (exact) mass is 496 g/mol. The normalized spacial score (nSPS) is 22.0. The summed E-state index contributed by atoms with van der Waals surface area (Å²) in [5.74, 6) is 1.55. The first-order valence-corrected chi connectivity index (χ1v) is 11.4. The van der Waals surface area contributed by atoms with Gasteiger partial charge in [-0.05, 0) is 35.2 Å². The summed E-state index contributed by atoms with van der Waals surface area (Å²) in [6.07, 6.45) is -1.70. The number of carbonyl (C=O) groups excluding carboxylic acids is 1. The number of hydrogen-bond acceptors (Lipinski definition) is 10. The van der Waals surface area contributed by atoms with Gasteiger partial charge < -0.3 is 43.4 Å². The number of fused-ring (bicyclic) bond motifs is 3. The van der Waals surface area contributed by atoms with Gasteiger partial charge in [0.05, 0.1) is 26.4 Å². The fourth-order valence-corrected chi connectivity index (χ4v) is 4.95. The highest BCUT2D eigenvalue weighted by Crippen LogP contribution is 2.49. The van der Waals surface area contributed by atoms with Crippen molar-refractivity contribution in [3.63, 3.8) is 0 Å². The third kappa shape index (κ3) is 3.48. The lowest BCUT2D eigenvalue weighted by Gasteiger charge is -2.21. The number of methoxy groups -OCH3 is 2. The van der Waals surface area contributed by atoms with E-state index in [2.05, 4.69) is 0 Å². The van der Waals surface area contributed by atoms with E-state index in [0.29, 0.717) is 56.2 Å². The summed E-state index contributed by atoms with van der Waals surface area (Å²) in [5, 5.41) is 20.9. The highest BCUT2D eigenvalue weighted by molar-refractivity contribution is 6.14. The fourth-order valence-electron chi connectivity index (χ4n) is 4.95. The summed E-state index contributed by atoms with van der Waals surface area (Å²) in [5.41, 5.74) is 2.28. The Morgan fingerprint density at radius 3 is 2.44 bits per heavy atom. The molecule has 0 amide bonds. The van der Waals surface area contributed by atoms with E-state index in [1.807, 2.05) is 12.1 Å². The van der Waals surface area contributed by atoms with E-state index in [1.165, 1.54) is 14.2 Å². The van der Waals surface area contributed by atoms with Crippen molar-refractivity contribution in [2.75, 3.05) is 27.6 Å². The summed E-state index contributed by atoms with van der Waals surface area (Å²) in [7, 11) is 3.07. The van der Waals surface area contributed by atoms with Crippen LogP contribution in [0.2, 0.25) is 0 Å². The third-order valence-corrected chi connectivity index (χ3v) is 6.75. The van der Waals surface area contributed by atoms with Gasteiger partial charge in [-0.15, -0.1) is 0 Å². The lowest BCUT2D eigenvalue weighted by atomic mass is 9.89. The molecular formula is C26H24O10. The SMILES string of the molecule is COc1cc2c(O[C@@H]3CC(CO)[C@@H](O)O3)c3c(c(-c4ccc5c(c4)OCO5)c2cc1OC)C(=O)OC3. The molecule has 0 bridgehead atoms. The molecule has 188 valence electrons. The van der Waals surface area contributed by atoms with Crippen LogP contribution >= 0.6 is 0 Å². The minimum atomic E-state index is -1.15. The highest BCUT2D eigenvalue weighted by Gasteiger charge is 2.38. The van der Waals surface area contributed by atoms with Gasteiger partial charge in [0.15, 0.2) is 29.3 Å². The molecule has 1 saturated heterocycles. The van der Waals surface area contributed by atoms with E-state index in [1.54, 1.807) is 18.2 Å².